The first-order valence-electron chi connectivity index (χ1n) is 18.9. The second kappa shape index (κ2) is 19.9. The summed E-state index contributed by atoms with van der Waals surface area (Å²) in [5.41, 5.74) is 5.14. The van der Waals surface area contributed by atoms with Gasteiger partial charge in [0, 0.05) is 5.92 Å². The molecular formula is C48H48O7. The molecule has 55 heavy (non-hydrogen) atoms. The molecule has 1 aliphatic rings. The van der Waals surface area contributed by atoms with E-state index < -0.39 is 36.4 Å². The summed E-state index contributed by atoms with van der Waals surface area (Å²) in [6, 6.07) is 57.6. The maximum atomic E-state index is 12.4. The average molecular weight is 737 g/mol. The maximum absolute atomic E-state index is 12.4. The van der Waals surface area contributed by atoms with Crippen LogP contribution >= 0.6 is 0 Å². The predicted molar refractivity (Wildman–Crippen MR) is 212 cm³/mol. The van der Waals surface area contributed by atoms with Crippen LogP contribution in [0.3, 0.4) is 0 Å². The van der Waals surface area contributed by atoms with Crippen LogP contribution in [0.1, 0.15) is 27.8 Å². The van der Waals surface area contributed by atoms with E-state index in [4.69, 9.17) is 28.4 Å². The molecule has 6 aromatic carbocycles. The summed E-state index contributed by atoms with van der Waals surface area (Å²) in [5, 5.41) is 12.4. The minimum Gasteiger partial charge on any atom is -0.489 e. The van der Waals surface area contributed by atoms with Crippen molar-refractivity contribution < 1.29 is 33.5 Å². The van der Waals surface area contributed by atoms with Gasteiger partial charge in [-0.25, -0.2) is 0 Å². The molecule has 0 unspecified atom stereocenters. The van der Waals surface area contributed by atoms with Crippen molar-refractivity contribution in [1.29, 1.82) is 0 Å². The Morgan fingerprint density at radius 2 is 0.727 bits per heavy atom. The minimum atomic E-state index is -1.04. The highest BCUT2D eigenvalue weighted by Crippen LogP contribution is 2.37. The molecule has 1 saturated carbocycles. The normalized spacial score (nSPS) is 20.8. The molecule has 6 atom stereocenters. The highest BCUT2D eigenvalue weighted by Gasteiger charge is 2.54. The second-order valence-corrected chi connectivity index (χ2v) is 13.8. The maximum Gasteiger partial charge on any atom is 0.154 e. The lowest BCUT2D eigenvalue weighted by Crippen LogP contribution is -2.65. The van der Waals surface area contributed by atoms with E-state index in [0.29, 0.717) is 37.9 Å². The number of hydrogen-bond acceptors (Lipinski definition) is 7. The standard InChI is InChI=1S/C48H48O7/c49-44-43(35-50-30-36-16-6-1-7-17-36)45(52-32-38-20-10-3-11-21-38)47(53-33-39-22-12-4-13-23-39)48(54-34-40-24-14-5-15-25-40)46(44)55-42-28-26-41(27-29-42)51-31-37-18-8-2-9-19-37/h1-29,43-49H,30-35H2/t43-,44-,45+,46+,47-,48-/m0/s1. The van der Waals surface area contributed by atoms with E-state index in [2.05, 4.69) is 0 Å². The van der Waals surface area contributed by atoms with E-state index in [-0.39, 0.29) is 13.2 Å². The van der Waals surface area contributed by atoms with Gasteiger partial charge in [-0.3, -0.25) is 0 Å². The molecular weight excluding hydrogens is 689 g/mol. The quantitative estimate of drug-likeness (QED) is 0.0945. The molecule has 7 nitrogen and oxygen atoms in total. The van der Waals surface area contributed by atoms with Crippen LogP contribution in [0.5, 0.6) is 11.5 Å². The average Bonchev–Trinajstić information content (AvgIpc) is 3.25. The molecule has 0 radical (unpaired) electrons. The Hall–Kier alpha value is -5.28. The van der Waals surface area contributed by atoms with Gasteiger partial charge in [-0.1, -0.05) is 152 Å². The molecule has 0 amide bonds. The van der Waals surface area contributed by atoms with Gasteiger partial charge in [0.05, 0.1) is 39.1 Å². The lowest BCUT2D eigenvalue weighted by Gasteiger charge is -2.48. The van der Waals surface area contributed by atoms with Gasteiger partial charge in [-0.05, 0) is 52.1 Å². The van der Waals surface area contributed by atoms with Crippen LogP contribution in [0.2, 0.25) is 0 Å². The van der Waals surface area contributed by atoms with Crippen LogP contribution in [0.25, 0.3) is 0 Å². The van der Waals surface area contributed by atoms with E-state index >= 15 is 0 Å². The molecule has 7 heteroatoms. The van der Waals surface area contributed by atoms with Crippen LogP contribution in [0.15, 0.2) is 176 Å². The van der Waals surface area contributed by atoms with Crippen molar-refractivity contribution in [1.82, 2.24) is 0 Å². The zero-order valence-electron chi connectivity index (χ0n) is 30.8. The predicted octanol–water partition coefficient (Wildman–Crippen LogP) is 8.98. The minimum absolute atomic E-state index is 0.207. The van der Waals surface area contributed by atoms with Crippen LogP contribution in [-0.4, -0.2) is 42.2 Å². The zero-order valence-corrected chi connectivity index (χ0v) is 30.8. The summed E-state index contributed by atoms with van der Waals surface area (Å²) in [7, 11) is 0. The molecule has 0 saturated heterocycles. The zero-order chi connectivity index (χ0) is 37.5. The van der Waals surface area contributed by atoms with E-state index in [0.717, 1.165) is 27.8 Å². The first-order chi connectivity index (χ1) is 27.2. The third kappa shape index (κ3) is 10.9. The molecule has 7 rings (SSSR count). The number of aliphatic hydroxyl groups is 1. The van der Waals surface area contributed by atoms with Crippen molar-refractivity contribution in [2.24, 2.45) is 5.92 Å². The number of aliphatic hydroxyl groups excluding tert-OH is 1. The summed E-state index contributed by atoms with van der Waals surface area (Å²) in [6.45, 7) is 1.96. The fourth-order valence-electron chi connectivity index (χ4n) is 6.88. The molecule has 0 aliphatic heterocycles. The summed E-state index contributed by atoms with van der Waals surface area (Å²) in [6.07, 6.45) is -3.84. The van der Waals surface area contributed by atoms with Gasteiger partial charge < -0.3 is 33.5 Å². The third-order valence-electron chi connectivity index (χ3n) is 9.79. The SMILES string of the molecule is O[C@H]1[C@H](COCc2ccccc2)[C@@H](OCc2ccccc2)[C@H](OCc2ccccc2)[C@@H](OCc2ccccc2)[C@@H]1Oc1ccc(OCc2ccccc2)cc1. The summed E-state index contributed by atoms with van der Waals surface area (Å²) >= 11 is 0. The molecule has 0 heterocycles. The Bertz CT molecular complexity index is 1940. The monoisotopic (exact) mass is 736 g/mol. The Kier molecular flexibility index (Phi) is 13.7. The van der Waals surface area contributed by atoms with Crippen molar-refractivity contribution in [3.05, 3.63) is 204 Å². The number of rotatable bonds is 18. The fourth-order valence-corrected chi connectivity index (χ4v) is 6.88. The largest absolute Gasteiger partial charge is 0.489 e. The molecule has 0 aromatic heterocycles. The molecule has 6 aromatic rings. The molecule has 0 spiro atoms. The van der Waals surface area contributed by atoms with E-state index in [9.17, 15) is 5.11 Å². The molecule has 1 fully saturated rings. The highest BCUT2D eigenvalue weighted by atomic mass is 16.6. The topological polar surface area (TPSA) is 75.6 Å². The van der Waals surface area contributed by atoms with Crippen LogP contribution in [0.4, 0.5) is 0 Å². The second-order valence-electron chi connectivity index (χ2n) is 13.8. The summed E-state index contributed by atoms with van der Waals surface area (Å²) in [5.74, 6) is 0.755. The van der Waals surface area contributed by atoms with Gasteiger partial charge in [0.1, 0.15) is 36.4 Å². The Labute approximate surface area is 324 Å². The Morgan fingerprint density at radius 3 is 1.18 bits per heavy atom. The van der Waals surface area contributed by atoms with Crippen molar-refractivity contribution in [3.8, 4) is 11.5 Å². The van der Waals surface area contributed by atoms with Crippen molar-refractivity contribution >= 4 is 0 Å². The van der Waals surface area contributed by atoms with Gasteiger partial charge in [0.15, 0.2) is 6.10 Å². The van der Waals surface area contributed by atoms with E-state index in [1.54, 1.807) is 0 Å². The lowest BCUT2D eigenvalue weighted by molar-refractivity contribution is -0.251. The first-order valence-corrected chi connectivity index (χ1v) is 18.9. The summed E-state index contributed by atoms with van der Waals surface area (Å²) in [4.78, 5) is 0. The van der Waals surface area contributed by atoms with Gasteiger partial charge in [-0.15, -0.1) is 0 Å². The lowest BCUT2D eigenvalue weighted by atomic mass is 9.78. The van der Waals surface area contributed by atoms with Gasteiger partial charge >= 0.3 is 0 Å². The van der Waals surface area contributed by atoms with E-state index in [1.165, 1.54) is 0 Å². The number of ether oxygens (including phenoxy) is 6. The van der Waals surface area contributed by atoms with Gasteiger partial charge in [0.2, 0.25) is 0 Å². The van der Waals surface area contributed by atoms with Crippen molar-refractivity contribution in [3.63, 3.8) is 0 Å². The first kappa shape index (κ1) is 38.0. The Morgan fingerprint density at radius 1 is 0.364 bits per heavy atom. The molecule has 0 bridgehead atoms. The van der Waals surface area contributed by atoms with E-state index in [1.807, 2.05) is 176 Å². The number of benzene rings is 6. The molecule has 282 valence electrons. The van der Waals surface area contributed by atoms with Crippen molar-refractivity contribution in [2.75, 3.05) is 6.61 Å². The fraction of sp³-hybridized carbons (Fsp3) is 0.250. The molecule has 1 N–H and O–H groups in total. The van der Waals surface area contributed by atoms with Crippen LogP contribution in [0, 0.1) is 5.92 Å². The van der Waals surface area contributed by atoms with Gasteiger partial charge in [-0.2, -0.15) is 0 Å². The molecule has 1 aliphatic carbocycles. The highest BCUT2D eigenvalue weighted by molar-refractivity contribution is 5.32. The third-order valence-corrected chi connectivity index (χ3v) is 9.79. The number of hydrogen-bond donors (Lipinski definition) is 1. The van der Waals surface area contributed by atoms with Crippen molar-refractivity contribution in [2.45, 2.75) is 63.6 Å². The van der Waals surface area contributed by atoms with Crippen LogP contribution < -0.4 is 9.47 Å². The summed E-state index contributed by atoms with van der Waals surface area (Å²) < 4.78 is 39.6. The van der Waals surface area contributed by atoms with Crippen LogP contribution in [-0.2, 0) is 52.0 Å². The van der Waals surface area contributed by atoms with Gasteiger partial charge in [0.25, 0.3) is 0 Å². The Balaban J connectivity index is 1.19. The smallest absolute Gasteiger partial charge is 0.154 e.